The second kappa shape index (κ2) is 8.24. The molecule has 0 aromatic carbocycles. The first-order valence-electron chi connectivity index (χ1n) is 8.73. The van der Waals surface area contributed by atoms with E-state index in [0.29, 0.717) is 8.14 Å². The molecule has 0 atom stereocenters. The van der Waals surface area contributed by atoms with Crippen molar-refractivity contribution < 1.29 is 35.1 Å². The Bertz CT molecular complexity index is 1350. The largest absolute Gasteiger partial charge is 0.458 e. The number of aromatic nitrogens is 4. The molecule has 0 fully saturated rings. The number of halogens is 6. The van der Waals surface area contributed by atoms with E-state index in [2.05, 4.69) is 14.7 Å². The van der Waals surface area contributed by atoms with Crippen LogP contribution in [-0.4, -0.2) is 51.8 Å². The predicted molar refractivity (Wildman–Crippen MR) is 111 cm³/mol. The Morgan fingerprint density at radius 2 is 1.84 bits per heavy atom. The quantitative estimate of drug-likeness (QED) is 0.323. The highest BCUT2D eigenvalue weighted by Gasteiger charge is 2.58. The fraction of sp³-hybridized carbons (Fsp3) is 0.353. The van der Waals surface area contributed by atoms with Crippen LogP contribution in [0, 0.1) is 3.57 Å². The minimum Gasteiger partial charge on any atom is -0.458 e. The van der Waals surface area contributed by atoms with Crippen LogP contribution in [0.2, 0.25) is 0 Å². The van der Waals surface area contributed by atoms with Gasteiger partial charge in [0.1, 0.15) is 11.3 Å². The summed E-state index contributed by atoms with van der Waals surface area (Å²) in [6.07, 6.45) is -3.52. The fourth-order valence-electron chi connectivity index (χ4n) is 2.67. The molecule has 0 amide bonds. The molecule has 0 radical (unpaired) electrons. The Kier molecular flexibility index (Phi) is 6.27. The molecule has 3 heterocycles. The lowest BCUT2D eigenvalue weighted by atomic mass is 10.2. The maximum Gasteiger partial charge on any atom is 0.456 e. The van der Waals surface area contributed by atoms with E-state index in [1.165, 1.54) is 23.6 Å². The first kappa shape index (κ1) is 24.3. The average molecular weight is 592 g/mol. The number of imidazole rings is 1. The zero-order chi connectivity index (χ0) is 24.1. The van der Waals surface area contributed by atoms with Crippen molar-refractivity contribution in [2.45, 2.75) is 24.0 Å². The Hall–Kier alpha value is -2.30. The summed E-state index contributed by atoms with van der Waals surface area (Å²) in [6, 6.07) is 2.40. The second-order valence-electron chi connectivity index (χ2n) is 6.55. The molecule has 0 aliphatic heterocycles. The normalized spacial score (nSPS) is 13.0. The van der Waals surface area contributed by atoms with Gasteiger partial charge < -0.3 is 4.74 Å². The van der Waals surface area contributed by atoms with E-state index in [-0.39, 0.29) is 27.7 Å². The minimum atomic E-state index is -5.84. The molecular weight excluding hydrogens is 578 g/mol. The Morgan fingerprint density at radius 1 is 1.19 bits per heavy atom. The van der Waals surface area contributed by atoms with Crippen molar-refractivity contribution in [1.82, 2.24) is 18.9 Å². The van der Waals surface area contributed by atoms with Gasteiger partial charge in [-0.05, 0) is 34.7 Å². The van der Waals surface area contributed by atoms with Gasteiger partial charge in [0.15, 0.2) is 21.5 Å². The molecule has 8 nitrogen and oxygen atoms in total. The minimum absolute atomic E-state index is 0.222. The Balaban J connectivity index is 2.13. The van der Waals surface area contributed by atoms with Gasteiger partial charge in [-0.1, -0.05) is 6.92 Å². The van der Waals surface area contributed by atoms with Crippen molar-refractivity contribution in [2.24, 2.45) is 7.05 Å². The van der Waals surface area contributed by atoms with Crippen LogP contribution in [0.5, 0.6) is 6.01 Å². The van der Waals surface area contributed by atoms with Gasteiger partial charge in [0, 0.05) is 23.0 Å². The van der Waals surface area contributed by atoms with Crippen molar-refractivity contribution in [2.75, 3.05) is 12.4 Å². The third kappa shape index (κ3) is 4.31. The third-order valence-electron chi connectivity index (χ3n) is 4.39. The number of hydrogen-bond donors (Lipinski definition) is 0. The van der Waals surface area contributed by atoms with E-state index in [1.54, 1.807) is 6.07 Å². The van der Waals surface area contributed by atoms with Gasteiger partial charge in [0.25, 0.3) is 11.6 Å². The molecule has 3 aromatic heterocycles. The number of rotatable bonds is 6. The molecule has 0 unspecified atom stereocenters. The van der Waals surface area contributed by atoms with Crippen molar-refractivity contribution in [1.29, 1.82) is 0 Å². The number of nitrogens with zero attached hydrogens (tertiary/aromatic N) is 4. The molecule has 0 saturated carbocycles. The smallest absolute Gasteiger partial charge is 0.456 e. The predicted octanol–water partition coefficient (Wildman–Crippen LogP) is 3.07. The number of fused-ring (bicyclic) bond motifs is 1. The molecule has 0 N–H and O–H groups in total. The van der Waals surface area contributed by atoms with Crippen molar-refractivity contribution in [3.8, 4) is 17.3 Å². The summed E-state index contributed by atoms with van der Waals surface area (Å²) >= 11 is 1.97. The number of ether oxygens (including phenoxy) is 1. The van der Waals surface area contributed by atoms with Crippen LogP contribution in [0.1, 0.15) is 6.92 Å². The molecule has 32 heavy (non-hydrogen) atoms. The van der Waals surface area contributed by atoms with E-state index >= 15 is 0 Å². The van der Waals surface area contributed by atoms with E-state index < -0.39 is 40.1 Å². The van der Waals surface area contributed by atoms with Crippen molar-refractivity contribution in [3.05, 3.63) is 38.5 Å². The number of alkyl halides is 5. The fourth-order valence-corrected chi connectivity index (χ4v) is 4.30. The standard InChI is InChI=1S/C17H14F5IN4O4S/c1-3-32(29,30)14-12(25-11-5-4-9(23)7-27(11)14)10-6-24-15(26(2)13(10)28)31-8-16(18,19)17(20,21)22/h4-7H,3,8H2,1-2H3. The summed E-state index contributed by atoms with van der Waals surface area (Å²) in [5.41, 5.74) is -1.25. The monoisotopic (exact) mass is 592 g/mol. The number of hydrogen-bond acceptors (Lipinski definition) is 6. The first-order chi connectivity index (χ1) is 14.7. The molecule has 0 bridgehead atoms. The molecule has 0 spiro atoms. The maximum atomic E-state index is 13.1. The topological polar surface area (TPSA) is 95.6 Å². The van der Waals surface area contributed by atoms with Crippen LogP contribution in [0.3, 0.4) is 0 Å². The average Bonchev–Trinajstić information content (AvgIpc) is 3.07. The van der Waals surface area contributed by atoms with Crippen LogP contribution in [0.25, 0.3) is 16.9 Å². The van der Waals surface area contributed by atoms with Crippen molar-refractivity contribution >= 4 is 38.1 Å². The van der Waals surface area contributed by atoms with E-state index in [1.807, 2.05) is 22.6 Å². The molecular formula is C17H14F5IN4O4S. The van der Waals surface area contributed by atoms with E-state index in [0.717, 1.165) is 13.2 Å². The zero-order valence-electron chi connectivity index (χ0n) is 16.3. The van der Waals surface area contributed by atoms with Crippen molar-refractivity contribution in [3.63, 3.8) is 0 Å². The lowest BCUT2D eigenvalue weighted by Crippen LogP contribution is -2.42. The summed E-state index contributed by atoms with van der Waals surface area (Å²) in [6.45, 7) is -0.682. The first-order valence-corrected chi connectivity index (χ1v) is 11.5. The molecule has 15 heteroatoms. The van der Waals surface area contributed by atoms with E-state index in [9.17, 15) is 35.2 Å². The van der Waals surface area contributed by atoms with Gasteiger partial charge in [-0.15, -0.1) is 0 Å². The molecule has 3 rings (SSSR count). The van der Waals surface area contributed by atoms with Gasteiger partial charge in [-0.3, -0.25) is 13.8 Å². The zero-order valence-corrected chi connectivity index (χ0v) is 19.3. The molecule has 0 saturated heterocycles. The highest BCUT2D eigenvalue weighted by atomic mass is 127. The van der Waals surface area contributed by atoms with Gasteiger partial charge in [0.05, 0.1) is 11.3 Å². The summed E-state index contributed by atoms with van der Waals surface area (Å²) in [5.74, 6) is -5.47. The van der Waals surface area contributed by atoms with Crippen LogP contribution in [-0.2, 0) is 16.9 Å². The molecule has 174 valence electrons. The lowest BCUT2D eigenvalue weighted by Gasteiger charge is -2.20. The van der Waals surface area contributed by atoms with Gasteiger partial charge in [-0.2, -0.15) is 22.0 Å². The summed E-state index contributed by atoms with van der Waals surface area (Å²) in [4.78, 5) is 20.6. The molecule has 3 aromatic rings. The number of sulfone groups is 1. The number of pyridine rings is 1. The van der Waals surface area contributed by atoms with Gasteiger partial charge in [-0.25, -0.2) is 18.4 Å². The highest BCUT2D eigenvalue weighted by Crippen LogP contribution is 2.35. The van der Waals surface area contributed by atoms with Crippen LogP contribution in [0.15, 0.2) is 34.3 Å². The van der Waals surface area contributed by atoms with Crippen LogP contribution < -0.4 is 10.3 Å². The maximum absolute atomic E-state index is 13.1. The summed E-state index contributed by atoms with van der Waals surface area (Å²) in [5, 5.41) is -0.273. The third-order valence-corrected chi connectivity index (χ3v) is 6.77. The highest BCUT2D eigenvalue weighted by molar-refractivity contribution is 14.1. The van der Waals surface area contributed by atoms with Gasteiger partial charge in [0.2, 0.25) is 0 Å². The second-order valence-corrected chi connectivity index (χ2v) is 9.99. The summed E-state index contributed by atoms with van der Waals surface area (Å²) < 4.78 is 95.7. The van der Waals surface area contributed by atoms with Crippen LogP contribution >= 0.6 is 22.6 Å². The lowest BCUT2D eigenvalue weighted by molar-refractivity contribution is -0.290. The Morgan fingerprint density at radius 3 is 2.44 bits per heavy atom. The SMILES string of the molecule is CCS(=O)(=O)c1c(-c2cnc(OCC(F)(F)C(F)(F)F)n(C)c2=O)nc2ccc(I)cn12. The Labute approximate surface area is 191 Å². The molecule has 0 aliphatic carbocycles. The molecule has 0 aliphatic rings. The van der Waals surface area contributed by atoms with Crippen LogP contribution in [0.4, 0.5) is 22.0 Å². The van der Waals surface area contributed by atoms with E-state index in [4.69, 9.17) is 0 Å². The summed E-state index contributed by atoms with van der Waals surface area (Å²) in [7, 11) is -2.86. The van der Waals surface area contributed by atoms with Gasteiger partial charge >= 0.3 is 12.1 Å².